The SMILES string of the molecule is COc1ccc(CNc2ccccc2CO)cc1OCC(C)C. The van der Waals surface area contributed by atoms with Gasteiger partial charge in [0.05, 0.1) is 20.3 Å². The van der Waals surface area contributed by atoms with Gasteiger partial charge in [-0.2, -0.15) is 0 Å². The number of benzene rings is 2. The Morgan fingerprint density at radius 3 is 2.57 bits per heavy atom. The maximum absolute atomic E-state index is 9.37. The zero-order valence-electron chi connectivity index (χ0n) is 14.0. The highest BCUT2D eigenvalue weighted by atomic mass is 16.5. The Labute approximate surface area is 138 Å². The quantitative estimate of drug-likeness (QED) is 0.777. The fourth-order valence-corrected chi connectivity index (χ4v) is 2.23. The lowest BCUT2D eigenvalue weighted by Crippen LogP contribution is -2.07. The molecule has 124 valence electrons. The number of methoxy groups -OCH3 is 1. The molecule has 0 atom stereocenters. The molecule has 2 N–H and O–H groups in total. The summed E-state index contributed by atoms with van der Waals surface area (Å²) in [6.45, 7) is 5.56. The lowest BCUT2D eigenvalue weighted by atomic mass is 10.1. The molecule has 0 amide bonds. The molecule has 2 rings (SSSR count). The van der Waals surface area contributed by atoms with Crippen molar-refractivity contribution in [3.63, 3.8) is 0 Å². The highest BCUT2D eigenvalue weighted by molar-refractivity contribution is 5.52. The van der Waals surface area contributed by atoms with E-state index in [1.807, 2.05) is 42.5 Å². The molecule has 2 aromatic carbocycles. The summed E-state index contributed by atoms with van der Waals surface area (Å²) in [6, 6.07) is 13.7. The Balaban J connectivity index is 2.09. The summed E-state index contributed by atoms with van der Waals surface area (Å²) in [5, 5.41) is 12.7. The second-order valence-corrected chi connectivity index (χ2v) is 5.86. The minimum absolute atomic E-state index is 0.0224. The predicted molar refractivity (Wildman–Crippen MR) is 93.0 cm³/mol. The van der Waals surface area contributed by atoms with Gasteiger partial charge in [-0.25, -0.2) is 0 Å². The van der Waals surface area contributed by atoms with Gasteiger partial charge >= 0.3 is 0 Å². The number of para-hydroxylation sites is 1. The van der Waals surface area contributed by atoms with E-state index in [9.17, 15) is 5.11 Å². The van der Waals surface area contributed by atoms with Crippen molar-refractivity contribution >= 4 is 5.69 Å². The molecule has 0 heterocycles. The number of hydrogen-bond donors (Lipinski definition) is 2. The van der Waals surface area contributed by atoms with Crippen molar-refractivity contribution < 1.29 is 14.6 Å². The van der Waals surface area contributed by atoms with Crippen molar-refractivity contribution in [2.75, 3.05) is 19.0 Å². The van der Waals surface area contributed by atoms with Gasteiger partial charge in [0.2, 0.25) is 0 Å². The van der Waals surface area contributed by atoms with Gasteiger partial charge in [-0.1, -0.05) is 38.1 Å². The Morgan fingerprint density at radius 2 is 1.87 bits per heavy atom. The molecule has 0 radical (unpaired) electrons. The Morgan fingerprint density at radius 1 is 1.09 bits per heavy atom. The van der Waals surface area contributed by atoms with Crippen LogP contribution in [0.5, 0.6) is 11.5 Å². The van der Waals surface area contributed by atoms with E-state index in [2.05, 4.69) is 19.2 Å². The summed E-state index contributed by atoms with van der Waals surface area (Å²) in [5.74, 6) is 1.96. The number of aliphatic hydroxyl groups excluding tert-OH is 1. The van der Waals surface area contributed by atoms with Crippen LogP contribution in [0.15, 0.2) is 42.5 Å². The van der Waals surface area contributed by atoms with Crippen molar-refractivity contribution in [2.24, 2.45) is 5.92 Å². The van der Waals surface area contributed by atoms with Gasteiger partial charge < -0.3 is 19.9 Å². The summed E-state index contributed by atoms with van der Waals surface area (Å²) in [4.78, 5) is 0. The lowest BCUT2D eigenvalue weighted by Gasteiger charge is -2.15. The van der Waals surface area contributed by atoms with Crippen LogP contribution in [0.1, 0.15) is 25.0 Å². The van der Waals surface area contributed by atoms with E-state index in [1.165, 1.54) is 0 Å². The van der Waals surface area contributed by atoms with E-state index in [0.717, 1.165) is 28.3 Å². The third kappa shape index (κ3) is 4.89. The molecule has 0 bridgehead atoms. The van der Waals surface area contributed by atoms with Crippen molar-refractivity contribution in [1.29, 1.82) is 0 Å². The van der Waals surface area contributed by atoms with Crippen LogP contribution in [0.3, 0.4) is 0 Å². The first-order chi connectivity index (χ1) is 11.1. The number of anilines is 1. The molecule has 0 aromatic heterocycles. The van der Waals surface area contributed by atoms with Crippen LogP contribution >= 0.6 is 0 Å². The second kappa shape index (κ2) is 8.44. The monoisotopic (exact) mass is 315 g/mol. The van der Waals surface area contributed by atoms with Crippen LogP contribution in [-0.4, -0.2) is 18.8 Å². The van der Waals surface area contributed by atoms with Gasteiger partial charge in [0, 0.05) is 17.8 Å². The zero-order chi connectivity index (χ0) is 16.7. The Hall–Kier alpha value is -2.20. The first kappa shape index (κ1) is 17.2. The molecule has 2 aromatic rings. The van der Waals surface area contributed by atoms with Gasteiger partial charge in [0.15, 0.2) is 11.5 Å². The number of aliphatic hydroxyl groups is 1. The minimum Gasteiger partial charge on any atom is -0.493 e. The molecule has 4 heteroatoms. The highest BCUT2D eigenvalue weighted by Gasteiger charge is 2.08. The topological polar surface area (TPSA) is 50.7 Å². The van der Waals surface area contributed by atoms with Gasteiger partial charge in [-0.3, -0.25) is 0 Å². The van der Waals surface area contributed by atoms with E-state index >= 15 is 0 Å². The van der Waals surface area contributed by atoms with Gasteiger partial charge in [0.1, 0.15) is 0 Å². The number of rotatable bonds is 8. The summed E-state index contributed by atoms with van der Waals surface area (Å²) < 4.78 is 11.2. The fraction of sp³-hybridized carbons (Fsp3) is 0.368. The third-order valence-electron chi connectivity index (χ3n) is 3.47. The van der Waals surface area contributed by atoms with Crippen molar-refractivity contribution in [3.8, 4) is 11.5 Å². The average Bonchev–Trinajstić information content (AvgIpc) is 2.58. The van der Waals surface area contributed by atoms with Crippen LogP contribution in [-0.2, 0) is 13.2 Å². The molecule has 4 nitrogen and oxygen atoms in total. The Kier molecular flexibility index (Phi) is 6.29. The number of nitrogens with one attached hydrogen (secondary N) is 1. The van der Waals surface area contributed by atoms with Crippen LogP contribution in [0, 0.1) is 5.92 Å². The van der Waals surface area contributed by atoms with Crippen LogP contribution in [0.4, 0.5) is 5.69 Å². The summed E-state index contributed by atoms with van der Waals surface area (Å²) >= 11 is 0. The van der Waals surface area contributed by atoms with Crippen LogP contribution in [0.2, 0.25) is 0 Å². The molecule has 23 heavy (non-hydrogen) atoms. The van der Waals surface area contributed by atoms with Crippen LogP contribution in [0.25, 0.3) is 0 Å². The van der Waals surface area contributed by atoms with Crippen LogP contribution < -0.4 is 14.8 Å². The maximum atomic E-state index is 9.37. The molecule has 0 spiro atoms. The molecule has 0 aliphatic carbocycles. The predicted octanol–water partition coefficient (Wildman–Crippen LogP) is 3.83. The fourth-order valence-electron chi connectivity index (χ4n) is 2.23. The Bertz CT molecular complexity index is 626. The maximum Gasteiger partial charge on any atom is 0.161 e. The molecular formula is C19H25NO3. The van der Waals surface area contributed by atoms with Crippen molar-refractivity contribution in [1.82, 2.24) is 0 Å². The van der Waals surface area contributed by atoms with Crippen molar-refractivity contribution in [3.05, 3.63) is 53.6 Å². The third-order valence-corrected chi connectivity index (χ3v) is 3.47. The van der Waals surface area contributed by atoms with Gasteiger partial charge in [-0.15, -0.1) is 0 Å². The summed E-state index contributed by atoms with van der Waals surface area (Å²) in [7, 11) is 1.65. The normalized spacial score (nSPS) is 10.7. The number of hydrogen-bond acceptors (Lipinski definition) is 4. The van der Waals surface area contributed by atoms with E-state index in [0.29, 0.717) is 19.1 Å². The second-order valence-electron chi connectivity index (χ2n) is 5.86. The number of ether oxygens (including phenoxy) is 2. The van der Waals surface area contributed by atoms with E-state index in [1.54, 1.807) is 7.11 Å². The molecule has 0 saturated heterocycles. The smallest absolute Gasteiger partial charge is 0.161 e. The first-order valence-electron chi connectivity index (χ1n) is 7.86. The molecular weight excluding hydrogens is 290 g/mol. The molecule has 0 fully saturated rings. The highest BCUT2D eigenvalue weighted by Crippen LogP contribution is 2.29. The zero-order valence-corrected chi connectivity index (χ0v) is 14.0. The molecule has 0 unspecified atom stereocenters. The van der Waals surface area contributed by atoms with E-state index in [-0.39, 0.29) is 6.61 Å². The lowest BCUT2D eigenvalue weighted by molar-refractivity contribution is 0.256. The van der Waals surface area contributed by atoms with E-state index in [4.69, 9.17) is 9.47 Å². The van der Waals surface area contributed by atoms with Gasteiger partial charge in [0.25, 0.3) is 0 Å². The van der Waals surface area contributed by atoms with E-state index < -0.39 is 0 Å². The van der Waals surface area contributed by atoms with Crippen molar-refractivity contribution in [2.45, 2.75) is 27.0 Å². The standard InChI is InChI=1S/C19H25NO3/c1-14(2)13-23-19-10-15(8-9-18(19)22-3)11-20-17-7-5-4-6-16(17)12-21/h4-10,14,20-21H,11-13H2,1-3H3. The molecule has 0 aliphatic heterocycles. The largest absolute Gasteiger partial charge is 0.493 e. The molecule has 0 saturated carbocycles. The summed E-state index contributed by atoms with van der Waals surface area (Å²) in [5.41, 5.74) is 2.92. The average molecular weight is 315 g/mol. The molecule has 0 aliphatic rings. The first-order valence-corrected chi connectivity index (χ1v) is 7.86. The summed E-state index contributed by atoms with van der Waals surface area (Å²) in [6.07, 6.45) is 0. The minimum atomic E-state index is 0.0224. The van der Waals surface area contributed by atoms with Gasteiger partial charge in [-0.05, 0) is 29.7 Å².